The van der Waals surface area contributed by atoms with E-state index in [4.69, 9.17) is 15.0 Å². The van der Waals surface area contributed by atoms with Crippen LogP contribution >= 0.6 is 0 Å². The van der Waals surface area contributed by atoms with Crippen molar-refractivity contribution >= 4 is 21.8 Å². The number of nitrogens with zero attached hydrogens (tertiary/aromatic N) is 4. The number of hydrogen-bond donors (Lipinski definition) is 0. The van der Waals surface area contributed by atoms with E-state index in [1.165, 1.54) is 11.1 Å². The molecule has 0 aliphatic rings. The number of para-hydroxylation sites is 1. The molecule has 49 heavy (non-hydrogen) atoms. The van der Waals surface area contributed by atoms with E-state index in [0.717, 1.165) is 55.2 Å². The lowest BCUT2D eigenvalue weighted by Gasteiger charge is -2.15. The van der Waals surface area contributed by atoms with Crippen LogP contribution in [0.2, 0.25) is 0 Å². The van der Waals surface area contributed by atoms with Gasteiger partial charge >= 0.3 is 0 Å². The first-order chi connectivity index (χ1) is 24.3. The number of fused-ring (bicyclic) bond motifs is 3. The molecular formula is C45H30N4. The summed E-state index contributed by atoms with van der Waals surface area (Å²) < 4.78 is 2.21. The van der Waals surface area contributed by atoms with Gasteiger partial charge in [-0.2, -0.15) is 9.97 Å². The average molecular weight is 627 g/mol. The first-order valence-electron chi connectivity index (χ1n) is 16.5. The molecule has 0 fully saturated rings. The van der Waals surface area contributed by atoms with E-state index in [9.17, 15) is 0 Å². The van der Waals surface area contributed by atoms with E-state index in [-0.39, 0.29) is 0 Å². The molecule has 9 aromatic rings. The van der Waals surface area contributed by atoms with Crippen molar-refractivity contribution in [2.75, 3.05) is 0 Å². The summed E-state index contributed by atoms with van der Waals surface area (Å²) in [5.41, 5.74) is 10.9. The molecule has 0 N–H and O–H groups in total. The number of hydrogen-bond acceptors (Lipinski definition) is 3. The normalized spacial score (nSPS) is 11.3. The minimum Gasteiger partial charge on any atom is -0.278 e. The summed E-state index contributed by atoms with van der Waals surface area (Å²) in [6.45, 7) is 0. The number of aromatic nitrogens is 4. The van der Waals surface area contributed by atoms with Gasteiger partial charge in [-0.15, -0.1) is 0 Å². The Hall–Kier alpha value is -6.65. The summed E-state index contributed by atoms with van der Waals surface area (Å²) in [6, 6.07) is 63.4. The Bertz CT molecular complexity index is 2520. The fraction of sp³-hybridized carbons (Fsp3) is 0. The minimum absolute atomic E-state index is 0.575. The van der Waals surface area contributed by atoms with Gasteiger partial charge in [0, 0.05) is 21.9 Å². The predicted octanol–water partition coefficient (Wildman–Crippen LogP) is 11.3. The maximum absolute atomic E-state index is 5.18. The number of benzene rings is 7. The van der Waals surface area contributed by atoms with Crippen LogP contribution in [0.3, 0.4) is 0 Å². The smallest absolute Gasteiger partial charge is 0.238 e. The third kappa shape index (κ3) is 5.16. The fourth-order valence-electron chi connectivity index (χ4n) is 6.81. The highest BCUT2D eigenvalue weighted by atomic mass is 15.2. The quantitative estimate of drug-likeness (QED) is 0.184. The van der Waals surface area contributed by atoms with Crippen LogP contribution in [0.5, 0.6) is 0 Å². The summed E-state index contributed by atoms with van der Waals surface area (Å²) in [5.74, 6) is 1.83. The van der Waals surface area contributed by atoms with E-state index in [1.54, 1.807) is 0 Å². The molecule has 0 amide bonds. The van der Waals surface area contributed by atoms with Crippen LogP contribution in [0.1, 0.15) is 0 Å². The van der Waals surface area contributed by atoms with Crippen molar-refractivity contribution in [2.24, 2.45) is 0 Å². The molecule has 0 aliphatic carbocycles. The first-order valence-corrected chi connectivity index (χ1v) is 16.5. The van der Waals surface area contributed by atoms with Gasteiger partial charge in [0.05, 0.1) is 11.0 Å². The Balaban J connectivity index is 1.40. The van der Waals surface area contributed by atoms with E-state index >= 15 is 0 Å². The van der Waals surface area contributed by atoms with Crippen molar-refractivity contribution in [3.8, 4) is 62.1 Å². The molecule has 2 heterocycles. The molecular weight excluding hydrogens is 597 g/mol. The summed E-state index contributed by atoms with van der Waals surface area (Å²) in [5, 5.41) is 2.30. The third-order valence-electron chi connectivity index (χ3n) is 9.07. The summed E-state index contributed by atoms with van der Waals surface area (Å²) in [6.07, 6.45) is 0. The molecule has 0 atom stereocenters. The largest absolute Gasteiger partial charge is 0.278 e. The van der Waals surface area contributed by atoms with Crippen molar-refractivity contribution < 1.29 is 0 Å². The second kappa shape index (κ2) is 12.2. The molecule has 0 unspecified atom stereocenters. The van der Waals surface area contributed by atoms with Gasteiger partial charge in [-0.1, -0.05) is 164 Å². The molecule has 4 heteroatoms. The molecule has 0 saturated carbocycles. The second-order valence-corrected chi connectivity index (χ2v) is 12.1. The van der Waals surface area contributed by atoms with Crippen molar-refractivity contribution in [1.82, 2.24) is 19.5 Å². The van der Waals surface area contributed by atoms with Crippen LogP contribution in [-0.2, 0) is 0 Å². The highest BCUT2D eigenvalue weighted by Crippen LogP contribution is 2.43. The van der Waals surface area contributed by atoms with Gasteiger partial charge in [-0.3, -0.25) is 4.57 Å². The van der Waals surface area contributed by atoms with E-state index in [0.29, 0.717) is 17.6 Å². The lowest BCUT2D eigenvalue weighted by Crippen LogP contribution is -2.06. The topological polar surface area (TPSA) is 43.6 Å². The zero-order chi connectivity index (χ0) is 32.6. The molecule has 0 radical (unpaired) electrons. The van der Waals surface area contributed by atoms with Crippen LogP contribution in [0.4, 0.5) is 0 Å². The monoisotopic (exact) mass is 626 g/mol. The third-order valence-corrected chi connectivity index (χ3v) is 9.07. The van der Waals surface area contributed by atoms with Crippen LogP contribution in [0.25, 0.3) is 83.9 Å². The fourth-order valence-corrected chi connectivity index (χ4v) is 6.81. The van der Waals surface area contributed by atoms with Gasteiger partial charge < -0.3 is 0 Å². The molecule has 4 nitrogen and oxygen atoms in total. The summed E-state index contributed by atoms with van der Waals surface area (Å²) in [4.78, 5) is 15.3. The van der Waals surface area contributed by atoms with E-state index in [2.05, 4.69) is 126 Å². The Morgan fingerprint density at radius 3 is 1.35 bits per heavy atom. The Kier molecular flexibility index (Phi) is 7.10. The minimum atomic E-state index is 0.575. The molecule has 0 aliphatic heterocycles. The van der Waals surface area contributed by atoms with Crippen molar-refractivity contribution in [1.29, 1.82) is 0 Å². The maximum Gasteiger partial charge on any atom is 0.238 e. The van der Waals surface area contributed by atoms with Crippen LogP contribution in [0, 0.1) is 0 Å². The zero-order valence-corrected chi connectivity index (χ0v) is 26.6. The van der Waals surface area contributed by atoms with E-state index < -0.39 is 0 Å². The predicted molar refractivity (Wildman–Crippen MR) is 201 cm³/mol. The SMILES string of the molecule is c1ccc(-c2nc(-c3ccccc3)nc(-n3c4ccccc4c4c(-c5ccccc5)cc(-c5ccccc5-c5ccccc5)cc43)n2)cc1. The molecule has 0 spiro atoms. The summed E-state index contributed by atoms with van der Waals surface area (Å²) in [7, 11) is 0. The van der Waals surface area contributed by atoms with E-state index in [1.807, 2.05) is 60.7 Å². The van der Waals surface area contributed by atoms with Crippen LogP contribution in [0.15, 0.2) is 182 Å². The highest BCUT2D eigenvalue weighted by Gasteiger charge is 2.22. The van der Waals surface area contributed by atoms with Gasteiger partial charge in [0.15, 0.2) is 11.6 Å². The first kappa shape index (κ1) is 28.6. The average Bonchev–Trinajstić information content (AvgIpc) is 3.53. The zero-order valence-electron chi connectivity index (χ0n) is 26.6. The standard InChI is InChI=1S/C45H30N4/c1-5-17-31(18-6-1)36-25-13-14-26-37(36)35-29-39(32-19-7-2-8-20-32)42-38-27-15-16-28-40(38)49(41(42)30-35)45-47-43(33-21-9-3-10-22-33)46-44(48-45)34-23-11-4-12-24-34/h1-30H. The van der Waals surface area contributed by atoms with Gasteiger partial charge in [-0.05, 0) is 51.6 Å². The molecule has 0 bridgehead atoms. The van der Waals surface area contributed by atoms with Crippen molar-refractivity contribution in [3.63, 3.8) is 0 Å². The summed E-state index contributed by atoms with van der Waals surface area (Å²) >= 11 is 0. The Labute approximate surface area is 284 Å². The Morgan fingerprint density at radius 2 is 0.776 bits per heavy atom. The Morgan fingerprint density at radius 1 is 0.327 bits per heavy atom. The van der Waals surface area contributed by atoms with Gasteiger partial charge in [0.25, 0.3) is 0 Å². The lowest BCUT2D eigenvalue weighted by atomic mass is 9.90. The van der Waals surface area contributed by atoms with Gasteiger partial charge in [0.1, 0.15) is 0 Å². The molecule has 0 saturated heterocycles. The second-order valence-electron chi connectivity index (χ2n) is 12.1. The lowest BCUT2D eigenvalue weighted by molar-refractivity contribution is 0.953. The maximum atomic E-state index is 5.18. The van der Waals surface area contributed by atoms with Crippen LogP contribution < -0.4 is 0 Å². The van der Waals surface area contributed by atoms with Gasteiger partial charge in [0.2, 0.25) is 5.95 Å². The van der Waals surface area contributed by atoms with Crippen molar-refractivity contribution in [2.45, 2.75) is 0 Å². The highest BCUT2D eigenvalue weighted by molar-refractivity contribution is 6.17. The van der Waals surface area contributed by atoms with Gasteiger partial charge in [-0.25, -0.2) is 4.98 Å². The van der Waals surface area contributed by atoms with Crippen molar-refractivity contribution in [3.05, 3.63) is 182 Å². The molecule has 2 aromatic heterocycles. The van der Waals surface area contributed by atoms with Crippen LogP contribution in [-0.4, -0.2) is 19.5 Å². The molecule has 9 rings (SSSR count). The molecule has 7 aromatic carbocycles. The number of rotatable bonds is 6. The molecule has 230 valence electrons.